The number of carbonyl (C=O) groups excluding carboxylic acids is 1. The van der Waals surface area contributed by atoms with Crippen LogP contribution in [0, 0.1) is 5.82 Å². The van der Waals surface area contributed by atoms with E-state index in [1.165, 1.54) is 22.8 Å². The second-order valence-electron chi connectivity index (χ2n) is 4.30. The molecule has 0 atom stereocenters. The van der Waals surface area contributed by atoms with E-state index < -0.39 is 0 Å². The summed E-state index contributed by atoms with van der Waals surface area (Å²) in [7, 11) is 1.61. The van der Waals surface area contributed by atoms with Crippen LogP contribution in [0.25, 0.3) is 0 Å². The monoisotopic (exact) mass is 338 g/mol. The van der Waals surface area contributed by atoms with Gasteiger partial charge in [0, 0.05) is 17.7 Å². The van der Waals surface area contributed by atoms with Gasteiger partial charge in [-0.3, -0.25) is 9.59 Å². The normalized spacial score (nSPS) is 10.3. The van der Waals surface area contributed by atoms with Crippen molar-refractivity contribution in [2.45, 2.75) is 6.42 Å². The smallest absolute Gasteiger partial charge is 0.274 e. The van der Waals surface area contributed by atoms with E-state index in [0.717, 1.165) is 0 Å². The van der Waals surface area contributed by atoms with Crippen LogP contribution in [0.3, 0.4) is 0 Å². The number of benzene rings is 1. The number of anilines is 1. The third-order valence-corrected chi connectivity index (χ3v) is 3.50. The summed E-state index contributed by atoms with van der Waals surface area (Å²) in [5.74, 6) is -0.710. The molecule has 2 aromatic rings. The zero-order chi connectivity index (χ0) is 14.7. The summed E-state index contributed by atoms with van der Waals surface area (Å²) in [5, 5.41) is 2.55. The average molecular weight is 339 g/mol. The third kappa shape index (κ3) is 3.33. The van der Waals surface area contributed by atoms with Crippen LogP contribution < -0.4 is 10.9 Å². The minimum Gasteiger partial charge on any atom is -0.321 e. The first-order valence-electron chi connectivity index (χ1n) is 5.87. The summed E-state index contributed by atoms with van der Waals surface area (Å²) in [6.07, 6.45) is 1.66. The number of hydrogen-bond acceptors (Lipinski definition) is 2. The van der Waals surface area contributed by atoms with E-state index in [2.05, 4.69) is 21.2 Å². The highest BCUT2D eigenvalue weighted by Crippen LogP contribution is 2.18. The number of rotatable bonds is 3. The van der Waals surface area contributed by atoms with Crippen LogP contribution in [0.5, 0.6) is 0 Å². The van der Waals surface area contributed by atoms with Crippen molar-refractivity contribution in [3.8, 4) is 0 Å². The van der Waals surface area contributed by atoms with Crippen LogP contribution in [0.1, 0.15) is 5.56 Å². The topological polar surface area (TPSA) is 51.1 Å². The number of aromatic nitrogens is 1. The Balaban J connectivity index is 2.13. The second-order valence-corrected chi connectivity index (χ2v) is 5.15. The molecule has 0 aliphatic carbocycles. The first kappa shape index (κ1) is 14.5. The van der Waals surface area contributed by atoms with Crippen LogP contribution in [0.4, 0.5) is 10.1 Å². The van der Waals surface area contributed by atoms with E-state index in [1.807, 2.05) is 0 Å². The summed E-state index contributed by atoms with van der Waals surface area (Å²) in [5.41, 5.74) is 0.592. The van der Waals surface area contributed by atoms with Crippen LogP contribution in [-0.2, 0) is 18.3 Å². The molecule has 1 aromatic heterocycles. The maximum Gasteiger partial charge on any atom is 0.274 e. The predicted molar refractivity (Wildman–Crippen MR) is 78.1 cm³/mol. The van der Waals surface area contributed by atoms with Gasteiger partial charge in [-0.25, -0.2) is 4.39 Å². The molecule has 20 heavy (non-hydrogen) atoms. The lowest BCUT2D eigenvalue weighted by Gasteiger charge is -2.07. The molecular weight excluding hydrogens is 327 g/mol. The molecular formula is C14H12BrFN2O2. The van der Waals surface area contributed by atoms with Gasteiger partial charge in [-0.1, -0.05) is 22.0 Å². The lowest BCUT2D eigenvalue weighted by molar-refractivity contribution is -0.115. The lowest BCUT2D eigenvalue weighted by Crippen LogP contribution is -2.24. The highest BCUT2D eigenvalue weighted by molar-refractivity contribution is 9.10. The SMILES string of the molecule is Cn1cccc(NC(=O)Cc2ccc(F)cc2Br)c1=O. The molecule has 0 unspecified atom stereocenters. The van der Waals surface area contributed by atoms with Crippen molar-refractivity contribution in [3.63, 3.8) is 0 Å². The Kier molecular flexibility index (Phi) is 4.34. The summed E-state index contributed by atoms with van der Waals surface area (Å²) < 4.78 is 14.9. The van der Waals surface area contributed by atoms with Gasteiger partial charge in [0.25, 0.3) is 5.56 Å². The van der Waals surface area contributed by atoms with E-state index in [0.29, 0.717) is 10.0 Å². The van der Waals surface area contributed by atoms with E-state index in [4.69, 9.17) is 0 Å². The molecule has 0 bridgehead atoms. The number of carbonyl (C=O) groups is 1. The van der Waals surface area contributed by atoms with Crippen molar-refractivity contribution >= 4 is 27.5 Å². The number of halogens is 2. The second kappa shape index (κ2) is 6.00. The highest BCUT2D eigenvalue weighted by Gasteiger charge is 2.10. The molecule has 0 aliphatic heterocycles. The van der Waals surface area contributed by atoms with E-state index in [1.54, 1.807) is 25.4 Å². The lowest BCUT2D eigenvalue weighted by atomic mass is 10.1. The molecule has 0 radical (unpaired) electrons. The Hall–Kier alpha value is -1.95. The fraction of sp³-hybridized carbons (Fsp3) is 0.143. The van der Waals surface area contributed by atoms with Gasteiger partial charge in [-0.05, 0) is 29.8 Å². The Labute approximate surface area is 123 Å². The number of pyridine rings is 1. The summed E-state index contributed by atoms with van der Waals surface area (Å²) in [4.78, 5) is 23.7. The number of hydrogen-bond donors (Lipinski definition) is 1. The van der Waals surface area contributed by atoms with Gasteiger partial charge in [-0.15, -0.1) is 0 Å². The molecule has 2 rings (SSSR count). The molecule has 6 heteroatoms. The van der Waals surface area contributed by atoms with Crippen molar-refractivity contribution in [2.75, 3.05) is 5.32 Å². The fourth-order valence-electron chi connectivity index (χ4n) is 1.72. The number of aryl methyl sites for hydroxylation is 1. The number of nitrogens with one attached hydrogen (secondary N) is 1. The van der Waals surface area contributed by atoms with Crippen molar-refractivity contribution in [1.29, 1.82) is 0 Å². The highest BCUT2D eigenvalue weighted by atomic mass is 79.9. The molecule has 1 amide bonds. The molecule has 0 aliphatic rings. The fourth-order valence-corrected chi connectivity index (χ4v) is 2.22. The molecule has 4 nitrogen and oxygen atoms in total. The maximum atomic E-state index is 13.0. The van der Waals surface area contributed by atoms with Gasteiger partial charge in [0.05, 0.1) is 6.42 Å². The Morgan fingerprint density at radius 2 is 2.15 bits per heavy atom. The molecule has 0 saturated carbocycles. The third-order valence-electron chi connectivity index (χ3n) is 2.76. The Morgan fingerprint density at radius 1 is 1.40 bits per heavy atom. The van der Waals surface area contributed by atoms with Crippen molar-refractivity contribution in [3.05, 3.63) is 62.7 Å². The van der Waals surface area contributed by atoms with Gasteiger partial charge in [0.2, 0.25) is 5.91 Å². The molecule has 0 saturated heterocycles. The first-order valence-corrected chi connectivity index (χ1v) is 6.66. The van der Waals surface area contributed by atoms with Gasteiger partial charge in [-0.2, -0.15) is 0 Å². The van der Waals surface area contributed by atoms with Gasteiger partial charge < -0.3 is 9.88 Å². The Bertz CT molecular complexity index is 713. The van der Waals surface area contributed by atoms with Crippen molar-refractivity contribution in [2.24, 2.45) is 7.05 Å². The largest absolute Gasteiger partial charge is 0.321 e. The Morgan fingerprint density at radius 3 is 2.85 bits per heavy atom. The predicted octanol–water partition coefficient (Wildman–Crippen LogP) is 2.47. The molecule has 1 aromatic carbocycles. The van der Waals surface area contributed by atoms with E-state index in [9.17, 15) is 14.0 Å². The standard InChI is InChI=1S/C14H12BrFN2O2/c1-18-6-2-3-12(14(18)20)17-13(19)7-9-4-5-10(16)8-11(9)15/h2-6,8H,7H2,1H3,(H,17,19). The van der Waals surface area contributed by atoms with E-state index in [-0.39, 0.29) is 29.4 Å². The number of amides is 1. The van der Waals surface area contributed by atoms with Crippen LogP contribution in [0.15, 0.2) is 45.8 Å². The summed E-state index contributed by atoms with van der Waals surface area (Å²) in [6, 6.07) is 7.33. The molecule has 1 N–H and O–H groups in total. The zero-order valence-electron chi connectivity index (χ0n) is 10.7. The quantitative estimate of drug-likeness (QED) is 0.934. The van der Waals surface area contributed by atoms with Crippen LogP contribution in [0.2, 0.25) is 0 Å². The minimum absolute atomic E-state index is 0.0545. The van der Waals surface area contributed by atoms with Crippen LogP contribution in [-0.4, -0.2) is 10.5 Å². The van der Waals surface area contributed by atoms with Crippen LogP contribution >= 0.6 is 15.9 Å². The molecule has 0 fully saturated rings. The zero-order valence-corrected chi connectivity index (χ0v) is 12.3. The first-order chi connectivity index (χ1) is 9.47. The summed E-state index contributed by atoms with van der Waals surface area (Å²) in [6.45, 7) is 0. The van der Waals surface area contributed by atoms with Gasteiger partial charge in [0.15, 0.2) is 0 Å². The minimum atomic E-state index is -0.377. The number of nitrogens with zero attached hydrogens (tertiary/aromatic N) is 1. The maximum absolute atomic E-state index is 13.0. The van der Waals surface area contributed by atoms with Gasteiger partial charge >= 0.3 is 0 Å². The van der Waals surface area contributed by atoms with Gasteiger partial charge in [0.1, 0.15) is 11.5 Å². The van der Waals surface area contributed by atoms with Crippen molar-refractivity contribution < 1.29 is 9.18 Å². The van der Waals surface area contributed by atoms with E-state index >= 15 is 0 Å². The molecule has 0 spiro atoms. The molecule has 1 heterocycles. The average Bonchev–Trinajstić information content (AvgIpc) is 2.38. The van der Waals surface area contributed by atoms with Crippen molar-refractivity contribution in [1.82, 2.24) is 4.57 Å². The molecule has 104 valence electrons. The summed E-state index contributed by atoms with van der Waals surface area (Å²) >= 11 is 3.20.